The van der Waals surface area contributed by atoms with Crippen molar-refractivity contribution < 1.29 is 4.79 Å². The molecule has 0 radical (unpaired) electrons. The van der Waals surface area contributed by atoms with Crippen LogP contribution in [-0.2, 0) is 0 Å². The standard InChI is InChI=1S/C14H19N3OS/c1-10-4-3-7-16-11(10)12(18)17-8-5-14(2,6-9-17)13(15)19/h3-4,7H,5-6,8-9H2,1-2H3,(H2,15,19). The average Bonchev–Trinajstić information content (AvgIpc) is 2.39. The highest BCUT2D eigenvalue weighted by Crippen LogP contribution is 2.31. The first-order valence-electron chi connectivity index (χ1n) is 6.45. The molecule has 1 fully saturated rings. The number of amides is 1. The third-order valence-corrected chi connectivity index (χ3v) is 4.45. The number of nitrogens with zero attached hydrogens (tertiary/aromatic N) is 2. The quantitative estimate of drug-likeness (QED) is 0.839. The zero-order chi connectivity index (χ0) is 14.0. The van der Waals surface area contributed by atoms with Crippen molar-refractivity contribution >= 4 is 23.1 Å². The zero-order valence-electron chi connectivity index (χ0n) is 11.3. The van der Waals surface area contributed by atoms with Crippen molar-refractivity contribution in [1.82, 2.24) is 9.88 Å². The summed E-state index contributed by atoms with van der Waals surface area (Å²) in [6.07, 6.45) is 3.29. The molecule has 1 saturated heterocycles. The van der Waals surface area contributed by atoms with Gasteiger partial charge >= 0.3 is 0 Å². The van der Waals surface area contributed by atoms with Gasteiger partial charge in [0.05, 0.1) is 4.99 Å². The number of nitrogens with two attached hydrogens (primary N) is 1. The van der Waals surface area contributed by atoms with Gasteiger partial charge in [-0.2, -0.15) is 0 Å². The van der Waals surface area contributed by atoms with Gasteiger partial charge in [-0.3, -0.25) is 9.78 Å². The Hall–Kier alpha value is -1.49. The van der Waals surface area contributed by atoms with Crippen molar-refractivity contribution in [2.75, 3.05) is 13.1 Å². The molecule has 0 saturated carbocycles. The van der Waals surface area contributed by atoms with E-state index in [0.717, 1.165) is 18.4 Å². The fourth-order valence-corrected chi connectivity index (χ4v) is 2.51. The van der Waals surface area contributed by atoms with E-state index in [1.807, 2.05) is 24.0 Å². The highest BCUT2D eigenvalue weighted by Gasteiger charge is 2.34. The summed E-state index contributed by atoms with van der Waals surface area (Å²) >= 11 is 5.11. The van der Waals surface area contributed by atoms with Gasteiger partial charge in [0.15, 0.2) is 0 Å². The maximum Gasteiger partial charge on any atom is 0.272 e. The molecule has 0 atom stereocenters. The Labute approximate surface area is 119 Å². The van der Waals surface area contributed by atoms with Gasteiger partial charge in [0.1, 0.15) is 5.69 Å². The van der Waals surface area contributed by atoms with Gasteiger partial charge in [-0.05, 0) is 31.4 Å². The topological polar surface area (TPSA) is 59.2 Å². The maximum atomic E-state index is 12.4. The number of hydrogen-bond donors (Lipinski definition) is 1. The Morgan fingerprint density at radius 2 is 2.11 bits per heavy atom. The number of hydrogen-bond acceptors (Lipinski definition) is 3. The third kappa shape index (κ3) is 2.76. The molecule has 1 amide bonds. The molecule has 0 unspecified atom stereocenters. The number of aryl methyl sites for hydroxylation is 1. The van der Waals surface area contributed by atoms with E-state index in [-0.39, 0.29) is 11.3 Å². The molecule has 19 heavy (non-hydrogen) atoms. The largest absolute Gasteiger partial charge is 0.393 e. The van der Waals surface area contributed by atoms with Crippen LogP contribution in [-0.4, -0.2) is 33.9 Å². The molecule has 1 aromatic rings. The molecule has 0 bridgehead atoms. The lowest BCUT2D eigenvalue weighted by Crippen LogP contribution is -2.47. The van der Waals surface area contributed by atoms with Gasteiger partial charge < -0.3 is 10.6 Å². The Morgan fingerprint density at radius 1 is 1.47 bits per heavy atom. The molecule has 0 spiro atoms. The summed E-state index contributed by atoms with van der Waals surface area (Å²) in [5.74, 6) is 0.00286. The number of piperidine rings is 1. The van der Waals surface area contributed by atoms with Crippen LogP contribution in [0.3, 0.4) is 0 Å². The molecule has 102 valence electrons. The average molecular weight is 277 g/mol. The molecule has 2 N–H and O–H groups in total. The highest BCUT2D eigenvalue weighted by atomic mass is 32.1. The number of thiocarbonyl (C=S) groups is 1. The molecule has 1 aliphatic rings. The van der Waals surface area contributed by atoms with Crippen molar-refractivity contribution in [3.8, 4) is 0 Å². The molecule has 1 aliphatic heterocycles. The fraction of sp³-hybridized carbons (Fsp3) is 0.500. The van der Waals surface area contributed by atoms with E-state index >= 15 is 0 Å². The smallest absolute Gasteiger partial charge is 0.272 e. The van der Waals surface area contributed by atoms with E-state index in [0.29, 0.717) is 23.8 Å². The number of aromatic nitrogens is 1. The normalized spacial score (nSPS) is 18.1. The summed E-state index contributed by atoms with van der Waals surface area (Å²) in [6, 6.07) is 3.75. The summed E-state index contributed by atoms with van der Waals surface area (Å²) in [5.41, 5.74) is 7.11. The zero-order valence-corrected chi connectivity index (χ0v) is 12.2. The number of pyridine rings is 1. The van der Waals surface area contributed by atoms with Crippen molar-refractivity contribution in [2.45, 2.75) is 26.7 Å². The second-order valence-corrected chi connectivity index (χ2v) is 5.83. The van der Waals surface area contributed by atoms with Crippen LogP contribution < -0.4 is 5.73 Å². The van der Waals surface area contributed by atoms with Crippen LogP contribution in [0.2, 0.25) is 0 Å². The van der Waals surface area contributed by atoms with Gasteiger partial charge in [0, 0.05) is 24.7 Å². The molecule has 2 heterocycles. The Morgan fingerprint density at radius 3 is 2.63 bits per heavy atom. The molecule has 5 heteroatoms. The van der Waals surface area contributed by atoms with E-state index < -0.39 is 0 Å². The van der Waals surface area contributed by atoms with Gasteiger partial charge in [-0.25, -0.2) is 0 Å². The van der Waals surface area contributed by atoms with Crippen LogP contribution in [0.1, 0.15) is 35.8 Å². The molecule has 1 aromatic heterocycles. The lowest BCUT2D eigenvalue weighted by Gasteiger charge is -2.38. The van der Waals surface area contributed by atoms with Crippen molar-refractivity contribution in [2.24, 2.45) is 11.1 Å². The van der Waals surface area contributed by atoms with Gasteiger partial charge in [-0.1, -0.05) is 25.2 Å². The van der Waals surface area contributed by atoms with Gasteiger partial charge in [0.25, 0.3) is 5.91 Å². The second-order valence-electron chi connectivity index (χ2n) is 5.39. The van der Waals surface area contributed by atoms with E-state index in [1.165, 1.54) is 0 Å². The highest BCUT2D eigenvalue weighted by molar-refractivity contribution is 7.80. The van der Waals surface area contributed by atoms with Gasteiger partial charge in [0.2, 0.25) is 0 Å². The number of carbonyl (C=O) groups is 1. The van der Waals surface area contributed by atoms with Gasteiger partial charge in [-0.15, -0.1) is 0 Å². The Bertz CT molecular complexity index is 507. The Balaban J connectivity index is 2.08. The number of likely N-dealkylation sites (tertiary alicyclic amines) is 1. The van der Waals surface area contributed by atoms with Crippen molar-refractivity contribution in [1.29, 1.82) is 0 Å². The third-order valence-electron chi connectivity index (χ3n) is 3.96. The lowest BCUT2D eigenvalue weighted by molar-refractivity contribution is 0.0663. The maximum absolute atomic E-state index is 12.4. The minimum Gasteiger partial charge on any atom is -0.393 e. The first-order valence-corrected chi connectivity index (χ1v) is 6.86. The first kappa shape index (κ1) is 13.9. The summed E-state index contributed by atoms with van der Waals surface area (Å²) in [6.45, 7) is 5.35. The summed E-state index contributed by atoms with van der Waals surface area (Å²) in [7, 11) is 0. The molecule has 2 rings (SSSR count). The van der Waals surface area contributed by atoms with E-state index in [4.69, 9.17) is 18.0 Å². The SMILES string of the molecule is Cc1cccnc1C(=O)N1CCC(C)(C(N)=S)CC1. The first-order chi connectivity index (χ1) is 8.94. The number of rotatable bonds is 2. The van der Waals surface area contributed by atoms with Crippen LogP contribution in [0.25, 0.3) is 0 Å². The van der Waals surface area contributed by atoms with E-state index in [1.54, 1.807) is 6.20 Å². The summed E-state index contributed by atoms with van der Waals surface area (Å²) in [5, 5.41) is 0. The van der Waals surface area contributed by atoms with E-state index in [2.05, 4.69) is 11.9 Å². The molecular weight excluding hydrogens is 258 g/mol. The summed E-state index contributed by atoms with van der Waals surface area (Å²) in [4.78, 5) is 19.0. The van der Waals surface area contributed by atoms with E-state index in [9.17, 15) is 4.79 Å². The Kier molecular flexibility index (Phi) is 3.85. The lowest BCUT2D eigenvalue weighted by atomic mass is 9.80. The molecule has 0 aromatic carbocycles. The molecule has 0 aliphatic carbocycles. The molecule has 4 nitrogen and oxygen atoms in total. The van der Waals surface area contributed by atoms with Crippen LogP contribution in [0.5, 0.6) is 0 Å². The van der Waals surface area contributed by atoms with Crippen LogP contribution in [0.15, 0.2) is 18.3 Å². The predicted molar refractivity (Wildman–Crippen MR) is 79.0 cm³/mol. The van der Waals surface area contributed by atoms with Crippen LogP contribution >= 0.6 is 12.2 Å². The van der Waals surface area contributed by atoms with Crippen LogP contribution in [0.4, 0.5) is 0 Å². The minimum atomic E-state index is -0.120. The number of carbonyl (C=O) groups excluding carboxylic acids is 1. The molecular formula is C14H19N3OS. The fourth-order valence-electron chi connectivity index (χ4n) is 2.31. The summed E-state index contributed by atoms with van der Waals surface area (Å²) < 4.78 is 0. The van der Waals surface area contributed by atoms with Crippen molar-refractivity contribution in [3.05, 3.63) is 29.6 Å². The monoisotopic (exact) mass is 277 g/mol. The van der Waals surface area contributed by atoms with Crippen LogP contribution in [0, 0.1) is 12.3 Å². The minimum absolute atomic E-state index is 0.00286. The van der Waals surface area contributed by atoms with Crippen molar-refractivity contribution in [3.63, 3.8) is 0 Å². The second kappa shape index (κ2) is 5.25. The predicted octanol–water partition coefficient (Wildman–Crippen LogP) is 1.92.